The maximum Gasteiger partial charge on any atom is 0.140 e. The van der Waals surface area contributed by atoms with Gasteiger partial charge in [0.1, 0.15) is 23.0 Å². The topological polar surface area (TPSA) is 23.4 Å². The summed E-state index contributed by atoms with van der Waals surface area (Å²) in [6, 6.07) is 50.3. The number of ether oxygens (including phenoxy) is 2. The van der Waals surface area contributed by atoms with E-state index in [4.69, 9.17) is 9.47 Å². The van der Waals surface area contributed by atoms with Crippen LogP contribution in [-0.4, -0.2) is 4.57 Å². The Morgan fingerprint density at radius 1 is 0.558 bits per heavy atom. The molecule has 1 atom stereocenters. The van der Waals surface area contributed by atoms with E-state index >= 15 is 0 Å². The molecule has 0 saturated carbocycles. The summed E-state index contributed by atoms with van der Waals surface area (Å²) in [6.45, 7) is 0. The molecule has 0 radical (unpaired) electrons. The lowest BCUT2D eigenvalue weighted by Gasteiger charge is -2.47. The van der Waals surface area contributed by atoms with E-state index in [1.54, 1.807) is 0 Å². The maximum absolute atomic E-state index is 7.37. The predicted molar refractivity (Wildman–Crippen MR) is 210 cm³/mol. The number of aryl methyl sites for hydroxylation is 1. The Balaban J connectivity index is 1.21. The van der Waals surface area contributed by atoms with Gasteiger partial charge in [-0.3, -0.25) is 0 Å². The van der Waals surface area contributed by atoms with Crippen LogP contribution in [0.3, 0.4) is 0 Å². The SMILES string of the molecule is C1=Cc2c(c3cc(-c4cccc5c4Oc4c(-c6ccccc6)cccc4C54C5=CCCC=C5Oc5ccccc54)ccc3n2-c2ccccc2)CC1. The minimum atomic E-state index is -0.629. The number of nitrogens with zero attached hydrogens (tertiary/aromatic N) is 1. The lowest BCUT2D eigenvalue weighted by Crippen LogP contribution is -2.40. The van der Waals surface area contributed by atoms with Crippen LogP contribution in [-0.2, 0) is 11.8 Å². The summed E-state index contributed by atoms with van der Waals surface area (Å²) in [5.41, 5.74) is 13.5. The van der Waals surface area contributed by atoms with E-state index in [9.17, 15) is 0 Å². The molecule has 3 heteroatoms. The summed E-state index contributed by atoms with van der Waals surface area (Å²) in [5, 5.41) is 1.30. The predicted octanol–water partition coefficient (Wildman–Crippen LogP) is 12.4. The van der Waals surface area contributed by atoms with Gasteiger partial charge in [-0.15, -0.1) is 0 Å². The average molecular weight is 670 g/mol. The summed E-state index contributed by atoms with van der Waals surface area (Å²) in [7, 11) is 0. The maximum atomic E-state index is 7.37. The lowest BCUT2D eigenvalue weighted by molar-refractivity contribution is 0.363. The number of aromatic nitrogens is 1. The highest BCUT2D eigenvalue weighted by Crippen LogP contribution is 2.64. The van der Waals surface area contributed by atoms with Crippen molar-refractivity contribution >= 4 is 17.0 Å². The number of para-hydroxylation sites is 4. The van der Waals surface area contributed by atoms with E-state index < -0.39 is 5.41 Å². The van der Waals surface area contributed by atoms with Crippen LogP contribution in [0.25, 0.3) is 44.9 Å². The smallest absolute Gasteiger partial charge is 0.140 e. The van der Waals surface area contributed by atoms with Crippen molar-refractivity contribution in [2.75, 3.05) is 0 Å². The molecule has 7 aromatic rings. The van der Waals surface area contributed by atoms with Gasteiger partial charge in [0.25, 0.3) is 0 Å². The van der Waals surface area contributed by atoms with Crippen LogP contribution in [0, 0.1) is 0 Å². The van der Waals surface area contributed by atoms with Gasteiger partial charge in [0, 0.05) is 50.2 Å². The van der Waals surface area contributed by atoms with Crippen LogP contribution in [0.4, 0.5) is 0 Å². The summed E-state index contributed by atoms with van der Waals surface area (Å²) in [4.78, 5) is 0. The molecular formula is C49H35NO2. The van der Waals surface area contributed by atoms with Gasteiger partial charge < -0.3 is 14.0 Å². The number of hydrogen-bond donors (Lipinski definition) is 0. The van der Waals surface area contributed by atoms with Crippen LogP contribution >= 0.6 is 0 Å². The molecule has 11 rings (SSSR count). The molecule has 0 fully saturated rings. The van der Waals surface area contributed by atoms with Crippen molar-refractivity contribution in [3.05, 3.63) is 197 Å². The summed E-state index contributed by atoms with van der Waals surface area (Å²) in [5.74, 6) is 3.64. The fourth-order valence-electron chi connectivity index (χ4n) is 9.26. The molecule has 0 saturated heterocycles. The number of fused-ring (bicyclic) bond motifs is 11. The Morgan fingerprint density at radius 2 is 1.25 bits per heavy atom. The number of allylic oxidation sites excluding steroid dienone is 4. The zero-order valence-corrected chi connectivity index (χ0v) is 28.7. The third-order valence-electron chi connectivity index (χ3n) is 11.4. The van der Waals surface area contributed by atoms with E-state index in [0.717, 1.165) is 87.6 Å². The molecule has 4 aliphatic rings. The van der Waals surface area contributed by atoms with Crippen molar-refractivity contribution in [1.29, 1.82) is 0 Å². The van der Waals surface area contributed by atoms with Crippen LogP contribution in [0.1, 0.15) is 47.2 Å². The van der Waals surface area contributed by atoms with Crippen molar-refractivity contribution < 1.29 is 9.47 Å². The molecule has 0 amide bonds. The Bertz CT molecular complexity index is 2680. The molecule has 248 valence electrons. The molecule has 0 bridgehead atoms. The van der Waals surface area contributed by atoms with Crippen molar-refractivity contribution in [2.24, 2.45) is 0 Å². The van der Waals surface area contributed by atoms with Crippen molar-refractivity contribution in [3.63, 3.8) is 0 Å². The first-order valence-corrected chi connectivity index (χ1v) is 18.4. The number of benzene rings is 6. The van der Waals surface area contributed by atoms with Crippen LogP contribution < -0.4 is 9.47 Å². The van der Waals surface area contributed by atoms with Gasteiger partial charge in [-0.1, -0.05) is 121 Å². The highest BCUT2D eigenvalue weighted by Gasteiger charge is 2.53. The summed E-state index contributed by atoms with van der Waals surface area (Å²) < 4.78 is 16.5. The third kappa shape index (κ3) is 4.08. The number of rotatable bonds is 3. The molecule has 1 aromatic heterocycles. The van der Waals surface area contributed by atoms with E-state index in [-0.39, 0.29) is 0 Å². The highest BCUT2D eigenvalue weighted by molar-refractivity contribution is 5.95. The molecule has 1 spiro atoms. The van der Waals surface area contributed by atoms with Crippen LogP contribution in [0.5, 0.6) is 17.2 Å². The van der Waals surface area contributed by atoms with Gasteiger partial charge in [0.05, 0.1) is 10.9 Å². The van der Waals surface area contributed by atoms with Gasteiger partial charge in [-0.25, -0.2) is 0 Å². The van der Waals surface area contributed by atoms with Crippen molar-refractivity contribution in [1.82, 2.24) is 4.57 Å². The molecule has 1 unspecified atom stereocenters. The van der Waals surface area contributed by atoms with Gasteiger partial charge in [-0.2, -0.15) is 0 Å². The monoisotopic (exact) mass is 669 g/mol. The van der Waals surface area contributed by atoms with Crippen molar-refractivity contribution in [3.8, 4) is 45.2 Å². The molecular weight excluding hydrogens is 635 g/mol. The molecule has 6 aromatic carbocycles. The molecule has 3 heterocycles. The first-order chi connectivity index (χ1) is 25.8. The Labute approximate surface area is 303 Å². The zero-order valence-electron chi connectivity index (χ0n) is 28.7. The van der Waals surface area contributed by atoms with Gasteiger partial charge >= 0.3 is 0 Å². The van der Waals surface area contributed by atoms with E-state index in [2.05, 4.69) is 168 Å². The number of hydrogen-bond acceptors (Lipinski definition) is 2. The first kappa shape index (κ1) is 29.4. The average Bonchev–Trinajstić information content (AvgIpc) is 3.55. The van der Waals surface area contributed by atoms with Crippen LogP contribution in [0.2, 0.25) is 0 Å². The Morgan fingerprint density at radius 3 is 2.06 bits per heavy atom. The third-order valence-corrected chi connectivity index (χ3v) is 11.4. The molecule has 3 nitrogen and oxygen atoms in total. The van der Waals surface area contributed by atoms with E-state index in [1.165, 1.54) is 33.4 Å². The van der Waals surface area contributed by atoms with Gasteiger partial charge in [0.15, 0.2) is 0 Å². The Hall–Kier alpha value is -6.32. The molecule has 2 aliphatic heterocycles. The second kappa shape index (κ2) is 11.3. The highest BCUT2D eigenvalue weighted by atomic mass is 16.5. The fraction of sp³-hybridized carbons (Fsp3) is 0.102. The van der Waals surface area contributed by atoms with E-state index in [0.29, 0.717) is 0 Å². The largest absolute Gasteiger partial charge is 0.457 e. The minimum absolute atomic E-state index is 0.629. The standard InChI is InChI=1S/C49H35NO2/c1-3-15-32(16-4-1)35-20-13-24-41-47(35)52-48-36(21-14-25-42(48)49(41)39-22-8-11-27-45(39)51-46-28-12-9-23-40(46)49)33-29-30-44-38(31-33)37-19-7-10-26-43(37)50(44)34-17-5-2-6-18-34/h1-6,8,10-11,13-18,20-31H,7,9,12,19H2. The molecule has 0 N–H and O–H groups in total. The van der Waals surface area contributed by atoms with Gasteiger partial charge in [-0.05, 0) is 84.9 Å². The van der Waals surface area contributed by atoms with Gasteiger partial charge in [0.2, 0.25) is 0 Å². The quantitative estimate of drug-likeness (QED) is 0.187. The van der Waals surface area contributed by atoms with Crippen molar-refractivity contribution in [2.45, 2.75) is 31.1 Å². The summed E-state index contributed by atoms with van der Waals surface area (Å²) in [6.07, 6.45) is 13.3. The Kier molecular flexibility index (Phi) is 6.42. The van der Waals surface area contributed by atoms with Crippen LogP contribution in [0.15, 0.2) is 169 Å². The molecule has 52 heavy (non-hydrogen) atoms. The normalized spacial score (nSPS) is 17.8. The second-order valence-corrected chi connectivity index (χ2v) is 14.2. The molecule has 2 aliphatic carbocycles. The lowest BCUT2D eigenvalue weighted by atomic mass is 9.60. The fourth-order valence-corrected chi connectivity index (χ4v) is 9.26. The first-order valence-electron chi connectivity index (χ1n) is 18.4. The second-order valence-electron chi connectivity index (χ2n) is 14.2. The minimum Gasteiger partial charge on any atom is -0.457 e. The van der Waals surface area contributed by atoms with E-state index in [1.807, 2.05) is 0 Å². The summed E-state index contributed by atoms with van der Waals surface area (Å²) >= 11 is 0. The zero-order chi connectivity index (χ0) is 34.2.